The second-order valence-corrected chi connectivity index (χ2v) is 6.74. The highest BCUT2D eigenvalue weighted by atomic mass is 35.5. The Morgan fingerprint density at radius 3 is 2.58 bits per heavy atom. The van der Waals surface area contributed by atoms with Crippen LogP contribution in [0, 0.1) is 5.41 Å². The van der Waals surface area contributed by atoms with Crippen LogP contribution in [-0.2, 0) is 20.7 Å². The van der Waals surface area contributed by atoms with Crippen molar-refractivity contribution in [3.8, 4) is 11.5 Å². The van der Waals surface area contributed by atoms with E-state index in [1.807, 2.05) is 0 Å². The van der Waals surface area contributed by atoms with E-state index in [0.29, 0.717) is 42.7 Å². The van der Waals surface area contributed by atoms with Crippen LogP contribution in [0.3, 0.4) is 0 Å². The minimum atomic E-state index is -0.966. The van der Waals surface area contributed by atoms with E-state index < -0.39 is 11.4 Å². The number of carboxylic acid groups (broad SMARTS) is 1. The lowest BCUT2D eigenvalue weighted by Gasteiger charge is -2.33. The van der Waals surface area contributed by atoms with Crippen molar-refractivity contribution in [1.29, 1.82) is 0 Å². The molecule has 1 saturated heterocycles. The number of carboxylic acids is 1. The highest BCUT2D eigenvalue weighted by molar-refractivity contribution is 6.30. The molecular formula is C18H19ClN2O5. The molecule has 1 aromatic heterocycles. The van der Waals surface area contributed by atoms with E-state index in [9.17, 15) is 14.7 Å². The Balaban J connectivity index is 1.58. The first-order chi connectivity index (χ1) is 12.5. The van der Waals surface area contributed by atoms with E-state index in [2.05, 4.69) is 10.3 Å². The van der Waals surface area contributed by atoms with Gasteiger partial charge in [-0.1, -0.05) is 11.6 Å². The zero-order valence-electron chi connectivity index (χ0n) is 14.0. The second-order valence-electron chi connectivity index (χ2n) is 6.30. The number of rotatable bonds is 6. The van der Waals surface area contributed by atoms with Gasteiger partial charge in [0.15, 0.2) is 0 Å². The van der Waals surface area contributed by atoms with E-state index in [0.717, 1.165) is 5.56 Å². The lowest BCUT2D eigenvalue weighted by molar-refractivity contribution is -0.154. The third-order valence-corrected chi connectivity index (χ3v) is 4.76. The maximum absolute atomic E-state index is 12.2. The largest absolute Gasteiger partial charge is 0.481 e. The van der Waals surface area contributed by atoms with Gasteiger partial charge in [-0.3, -0.25) is 9.59 Å². The van der Waals surface area contributed by atoms with Gasteiger partial charge in [0.25, 0.3) is 0 Å². The van der Waals surface area contributed by atoms with Gasteiger partial charge < -0.3 is 19.6 Å². The minimum Gasteiger partial charge on any atom is -0.481 e. The molecule has 3 rings (SSSR count). The number of carbonyl (C=O) groups is 2. The molecule has 0 saturated carbocycles. The number of aromatic nitrogens is 1. The average Bonchev–Trinajstić information content (AvgIpc) is 3.09. The van der Waals surface area contributed by atoms with E-state index in [4.69, 9.17) is 20.8 Å². The number of nitrogens with one attached hydrogen (secondary N) is 1. The molecule has 7 nitrogen and oxygen atoms in total. The van der Waals surface area contributed by atoms with Crippen molar-refractivity contribution in [2.75, 3.05) is 19.8 Å². The van der Waals surface area contributed by atoms with Gasteiger partial charge in [-0.05, 0) is 37.1 Å². The Labute approximate surface area is 155 Å². The zero-order chi connectivity index (χ0) is 18.6. The first-order valence-corrected chi connectivity index (χ1v) is 8.64. The number of aliphatic carboxylic acids is 1. The molecular weight excluding hydrogens is 360 g/mol. The SMILES string of the molecule is O=C(Cc1coc(-c2ccc(Cl)cc2)n1)NCC1(C(=O)O)CCOCC1. The van der Waals surface area contributed by atoms with Crippen LogP contribution in [0.15, 0.2) is 34.9 Å². The molecule has 138 valence electrons. The summed E-state index contributed by atoms with van der Waals surface area (Å²) in [5.41, 5.74) is 0.267. The number of ether oxygens (including phenoxy) is 1. The standard InChI is InChI=1S/C18H19ClN2O5/c19-13-3-1-12(2-4-13)16-21-14(10-26-16)9-15(22)20-11-18(17(23)24)5-7-25-8-6-18/h1-4,10H,5-9,11H2,(H,20,22)(H,23,24). The fourth-order valence-electron chi connectivity index (χ4n) is 2.84. The van der Waals surface area contributed by atoms with Crippen LogP contribution in [0.2, 0.25) is 5.02 Å². The van der Waals surface area contributed by atoms with Crippen molar-refractivity contribution in [1.82, 2.24) is 10.3 Å². The minimum absolute atomic E-state index is 0.0172. The Hall–Kier alpha value is -2.38. The third kappa shape index (κ3) is 4.23. The number of nitrogens with zero attached hydrogens (tertiary/aromatic N) is 1. The molecule has 2 heterocycles. The van der Waals surface area contributed by atoms with Crippen LogP contribution >= 0.6 is 11.6 Å². The van der Waals surface area contributed by atoms with Crippen LogP contribution in [0.25, 0.3) is 11.5 Å². The fraction of sp³-hybridized carbons (Fsp3) is 0.389. The number of oxazole rings is 1. The average molecular weight is 379 g/mol. The van der Waals surface area contributed by atoms with Crippen LogP contribution in [-0.4, -0.2) is 41.7 Å². The summed E-state index contributed by atoms with van der Waals surface area (Å²) in [6.07, 6.45) is 2.20. The molecule has 1 aliphatic heterocycles. The van der Waals surface area contributed by atoms with Gasteiger partial charge in [-0.2, -0.15) is 0 Å². The van der Waals surface area contributed by atoms with E-state index in [1.165, 1.54) is 6.26 Å². The maximum Gasteiger partial charge on any atom is 0.311 e. The number of halogens is 1. The molecule has 1 fully saturated rings. The summed E-state index contributed by atoms with van der Waals surface area (Å²) in [7, 11) is 0. The van der Waals surface area contributed by atoms with Gasteiger partial charge >= 0.3 is 5.97 Å². The predicted octanol–water partition coefficient (Wildman–Crippen LogP) is 2.54. The Bertz CT molecular complexity index is 781. The summed E-state index contributed by atoms with van der Waals surface area (Å²) in [5, 5.41) is 12.8. The van der Waals surface area contributed by atoms with Gasteiger partial charge in [0.1, 0.15) is 6.26 Å². The van der Waals surface area contributed by atoms with Crippen molar-refractivity contribution >= 4 is 23.5 Å². The topological polar surface area (TPSA) is 102 Å². The zero-order valence-corrected chi connectivity index (χ0v) is 14.8. The highest BCUT2D eigenvalue weighted by Crippen LogP contribution is 2.30. The van der Waals surface area contributed by atoms with Crippen molar-refractivity contribution in [2.24, 2.45) is 5.41 Å². The Morgan fingerprint density at radius 1 is 1.23 bits per heavy atom. The molecule has 0 bridgehead atoms. The molecule has 8 heteroatoms. The summed E-state index contributed by atoms with van der Waals surface area (Å²) in [6, 6.07) is 7.01. The number of hydrogen-bond acceptors (Lipinski definition) is 5. The van der Waals surface area contributed by atoms with Crippen molar-refractivity contribution in [2.45, 2.75) is 19.3 Å². The first-order valence-electron chi connectivity index (χ1n) is 8.27. The molecule has 0 atom stereocenters. The summed E-state index contributed by atoms with van der Waals surface area (Å²) < 4.78 is 10.6. The maximum atomic E-state index is 12.2. The molecule has 2 aromatic rings. The molecule has 1 amide bonds. The highest BCUT2D eigenvalue weighted by Gasteiger charge is 2.40. The van der Waals surface area contributed by atoms with Gasteiger partial charge in [0.2, 0.25) is 11.8 Å². The number of hydrogen-bond donors (Lipinski definition) is 2. The second kappa shape index (κ2) is 7.88. The smallest absolute Gasteiger partial charge is 0.311 e. The van der Waals surface area contributed by atoms with Gasteiger partial charge in [-0.15, -0.1) is 0 Å². The van der Waals surface area contributed by atoms with Crippen molar-refractivity contribution in [3.63, 3.8) is 0 Å². The van der Waals surface area contributed by atoms with Gasteiger partial charge in [0.05, 0.1) is 17.5 Å². The first kappa shape index (κ1) is 18.4. The Kier molecular flexibility index (Phi) is 5.58. The van der Waals surface area contributed by atoms with Gasteiger partial charge in [0, 0.05) is 30.3 Å². The van der Waals surface area contributed by atoms with Crippen LogP contribution < -0.4 is 5.32 Å². The number of benzene rings is 1. The fourth-order valence-corrected chi connectivity index (χ4v) is 2.96. The third-order valence-electron chi connectivity index (χ3n) is 4.51. The lowest BCUT2D eigenvalue weighted by atomic mass is 9.80. The predicted molar refractivity (Wildman–Crippen MR) is 93.8 cm³/mol. The molecule has 0 spiro atoms. The molecule has 0 unspecified atom stereocenters. The van der Waals surface area contributed by atoms with E-state index >= 15 is 0 Å². The van der Waals surface area contributed by atoms with Crippen molar-refractivity contribution in [3.05, 3.63) is 41.2 Å². The van der Waals surface area contributed by atoms with Crippen LogP contribution in [0.1, 0.15) is 18.5 Å². The summed E-state index contributed by atoms with van der Waals surface area (Å²) >= 11 is 5.85. The summed E-state index contributed by atoms with van der Waals surface area (Å²) in [6.45, 7) is 0.845. The summed E-state index contributed by atoms with van der Waals surface area (Å²) in [4.78, 5) is 28.1. The molecule has 1 aromatic carbocycles. The van der Waals surface area contributed by atoms with Crippen LogP contribution in [0.5, 0.6) is 0 Å². The van der Waals surface area contributed by atoms with E-state index in [-0.39, 0.29) is 18.9 Å². The molecule has 0 radical (unpaired) electrons. The number of carbonyl (C=O) groups excluding carboxylic acids is 1. The van der Waals surface area contributed by atoms with Crippen LogP contribution in [0.4, 0.5) is 0 Å². The summed E-state index contributed by atoms with van der Waals surface area (Å²) in [5.74, 6) is -0.809. The van der Waals surface area contributed by atoms with E-state index in [1.54, 1.807) is 24.3 Å². The molecule has 2 N–H and O–H groups in total. The van der Waals surface area contributed by atoms with Gasteiger partial charge in [-0.25, -0.2) is 4.98 Å². The van der Waals surface area contributed by atoms with Crippen molar-refractivity contribution < 1.29 is 23.8 Å². The molecule has 26 heavy (non-hydrogen) atoms. The Morgan fingerprint density at radius 2 is 1.92 bits per heavy atom. The molecule has 0 aliphatic carbocycles. The quantitative estimate of drug-likeness (QED) is 0.800. The lowest BCUT2D eigenvalue weighted by Crippen LogP contribution is -2.46. The molecule has 1 aliphatic rings. The normalized spacial score (nSPS) is 16.2. The monoisotopic (exact) mass is 378 g/mol. The number of amides is 1.